The van der Waals surface area contributed by atoms with Gasteiger partial charge in [0, 0.05) is 32.7 Å². The van der Waals surface area contributed by atoms with Crippen LogP contribution in [0.2, 0.25) is 0 Å². The van der Waals surface area contributed by atoms with E-state index in [-0.39, 0.29) is 5.37 Å². The van der Waals surface area contributed by atoms with Crippen LogP contribution in [0, 0.1) is 0 Å². The third-order valence-electron chi connectivity index (χ3n) is 4.27. The molecule has 1 amide bonds. The van der Waals surface area contributed by atoms with Crippen LogP contribution in [0.4, 0.5) is 0 Å². The van der Waals surface area contributed by atoms with E-state index >= 15 is 0 Å². The van der Waals surface area contributed by atoms with Crippen LogP contribution in [0.25, 0.3) is 0 Å². The van der Waals surface area contributed by atoms with E-state index in [9.17, 15) is 4.79 Å². The first-order chi connectivity index (χ1) is 10.2. The van der Waals surface area contributed by atoms with Crippen molar-refractivity contribution >= 4 is 29.0 Å². The quantitative estimate of drug-likeness (QED) is 0.827. The summed E-state index contributed by atoms with van der Waals surface area (Å²) < 4.78 is 0. The molecule has 0 aromatic carbocycles. The first-order valence-corrected chi connectivity index (χ1v) is 9.57. The van der Waals surface area contributed by atoms with Gasteiger partial charge in [0.15, 0.2) is 0 Å². The van der Waals surface area contributed by atoms with Crippen molar-refractivity contribution < 1.29 is 4.79 Å². The lowest BCUT2D eigenvalue weighted by Gasteiger charge is -2.33. The molecular weight excluding hydrogens is 302 g/mol. The highest BCUT2D eigenvalue weighted by Gasteiger charge is 2.32. The highest BCUT2D eigenvalue weighted by atomic mass is 32.2. The number of thioether (sulfide) groups is 1. The second-order valence-corrected chi connectivity index (χ2v) is 7.65. The molecule has 0 N–H and O–H groups in total. The number of carbonyl (C=O) groups is 1. The van der Waals surface area contributed by atoms with Crippen molar-refractivity contribution in [2.45, 2.75) is 11.8 Å². The van der Waals surface area contributed by atoms with E-state index < -0.39 is 0 Å². The molecule has 1 atom stereocenters. The highest BCUT2D eigenvalue weighted by molar-refractivity contribution is 8.00. The van der Waals surface area contributed by atoms with E-state index in [1.54, 1.807) is 23.1 Å². The van der Waals surface area contributed by atoms with E-state index in [0.717, 1.165) is 45.7 Å². The Balaban J connectivity index is 1.48. The van der Waals surface area contributed by atoms with Gasteiger partial charge in [0.25, 0.3) is 0 Å². The summed E-state index contributed by atoms with van der Waals surface area (Å²) in [5, 5.41) is 4.52. The van der Waals surface area contributed by atoms with Crippen molar-refractivity contribution in [1.82, 2.24) is 14.7 Å². The molecule has 1 aromatic heterocycles. The molecule has 4 nitrogen and oxygen atoms in total. The van der Waals surface area contributed by atoms with Crippen LogP contribution in [-0.4, -0.2) is 72.7 Å². The summed E-state index contributed by atoms with van der Waals surface area (Å²) >= 11 is 3.48. The van der Waals surface area contributed by atoms with Crippen molar-refractivity contribution in [3.8, 4) is 0 Å². The molecule has 2 fully saturated rings. The van der Waals surface area contributed by atoms with Crippen molar-refractivity contribution in [2.75, 3.05) is 52.1 Å². The molecule has 3 rings (SSSR count). The van der Waals surface area contributed by atoms with Crippen LogP contribution < -0.4 is 0 Å². The summed E-state index contributed by atoms with van der Waals surface area (Å²) in [6.45, 7) is 6.64. The van der Waals surface area contributed by atoms with Crippen molar-refractivity contribution in [2.24, 2.45) is 0 Å². The van der Waals surface area contributed by atoms with Gasteiger partial charge in [-0.3, -0.25) is 4.79 Å². The summed E-state index contributed by atoms with van der Waals surface area (Å²) in [7, 11) is 2.18. The molecular formula is C15H23N3OS2. The molecule has 21 heavy (non-hydrogen) atoms. The topological polar surface area (TPSA) is 26.8 Å². The zero-order chi connectivity index (χ0) is 14.7. The monoisotopic (exact) mass is 325 g/mol. The van der Waals surface area contributed by atoms with Gasteiger partial charge in [-0.25, -0.2) is 0 Å². The van der Waals surface area contributed by atoms with E-state index in [0.29, 0.717) is 11.7 Å². The number of amides is 1. The number of rotatable bonds is 5. The fraction of sp³-hybridized carbons (Fsp3) is 0.667. The van der Waals surface area contributed by atoms with E-state index in [4.69, 9.17) is 0 Å². The fourth-order valence-corrected chi connectivity index (χ4v) is 4.90. The summed E-state index contributed by atoms with van der Waals surface area (Å²) in [4.78, 5) is 19.1. The third-order valence-corrected chi connectivity index (χ3v) is 6.22. The minimum atomic E-state index is 0.247. The molecule has 0 spiro atoms. The maximum absolute atomic E-state index is 12.1. The van der Waals surface area contributed by atoms with Gasteiger partial charge in [-0.2, -0.15) is 11.3 Å². The first kappa shape index (κ1) is 15.3. The van der Waals surface area contributed by atoms with Gasteiger partial charge in [-0.05, 0) is 42.4 Å². The van der Waals surface area contributed by atoms with Gasteiger partial charge in [-0.15, -0.1) is 11.8 Å². The number of thiophene rings is 1. The Morgan fingerprint density at radius 3 is 2.76 bits per heavy atom. The van der Waals surface area contributed by atoms with Crippen LogP contribution in [0.5, 0.6) is 0 Å². The van der Waals surface area contributed by atoms with Crippen LogP contribution in [0.1, 0.15) is 17.4 Å². The van der Waals surface area contributed by atoms with E-state index in [1.807, 2.05) is 0 Å². The molecule has 2 saturated heterocycles. The Morgan fingerprint density at radius 1 is 1.24 bits per heavy atom. The van der Waals surface area contributed by atoms with Crippen LogP contribution >= 0.6 is 23.1 Å². The largest absolute Gasteiger partial charge is 0.326 e. The highest BCUT2D eigenvalue weighted by Crippen LogP contribution is 2.39. The normalized spacial score (nSPS) is 24.9. The second kappa shape index (κ2) is 7.13. The minimum absolute atomic E-state index is 0.247. The number of nitrogens with zero attached hydrogens (tertiary/aromatic N) is 3. The van der Waals surface area contributed by atoms with Crippen molar-refractivity contribution in [3.63, 3.8) is 0 Å². The smallest absolute Gasteiger partial charge is 0.233 e. The van der Waals surface area contributed by atoms with Crippen LogP contribution in [0.3, 0.4) is 0 Å². The molecule has 0 radical (unpaired) electrons. The van der Waals surface area contributed by atoms with Gasteiger partial charge >= 0.3 is 0 Å². The maximum Gasteiger partial charge on any atom is 0.233 e. The number of hydrogen-bond donors (Lipinski definition) is 0. The molecule has 1 aromatic rings. The average molecular weight is 326 g/mol. The number of hydrogen-bond acceptors (Lipinski definition) is 5. The SMILES string of the molecule is CN1CCN(CCCN2C(=O)CSC2c2ccsc2)CC1. The summed E-state index contributed by atoms with van der Waals surface area (Å²) in [5.74, 6) is 0.934. The lowest BCUT2D eigenvalue weighted by atomic mass is 10.2. The fourth-order valence-electron chi connectivity index (χ4n) is 2.92. The molecule has 3 heterocycles. The zero-order valence-corrected chi connectivity index (χ0v) is 14.2. The van der Waals surface area contributed by atoms with Gasteiger partial charge in [0.2, 0.25) is 5.91 Å². The van der Waals surface area contributed by atoms with Crippen molar-refractivity contribution in [1.29, 1.82) is 0 Å². The molecule has 116 valence electrons. The summed E-state index contributed by atoms with van der Waals surface area (Å²) in [6, 6.07) is 2.15. The van der Waals surface area contributed by atoms with Gasteiger partial charge in [0.1, 0.15) is 5.37 Å². The van der Waals surface area contributed by atoms with Gasteiger partial charge < -0.3 is 14.7 Å². The molecule has 1 unspecified atom stereocenters. The summed E-state index contributed by atoms with van der Waals surface area (Å²) in [5.41, 5.74) is 1.29. The number of piperazine rings is 1. The standard InChI is InChI=1S/C15H23N3OS2/c1-16-6-8-17(9-7-16)4-2-5-18-14(19)12-21-15(18)13-3-10-20-11-13/h3,10-11,15H,2,4-9,12H2,1H3. The predicted molar refractivity (Wildman–Crippen MR) is 89.8 cm³/mol. The lowest BCUT2D eigenvalue weighted by molar-refractivity contribution is -0.128. The summed E-state index contributed by atoms with van der Waals surface area (Å²) in [6.07, 6.45) is 1.08. The first-order valence-electron chi connectivity index (χ1n) is 7.58. The lowest BCUT2D eigenvalue weighted by Crippen LogP contribution is -2.45. The van der Waals surface area contributed by atoms with E-state index in [2.05, 4.69) is 38.6 Å². The molecule has 0 saturated carbocycles. The maximum atomic E-state index is 12.1. The Labute approximate surface area is 135 Å². The van der Waals surface area contributed by atoms with Gasteiger partial charge in [-0.1, -0.05) is 0 Å². The minimum Gasteiger partial charge on any atom is -0.326 e. The molecule has 2 aliphatic rings. The Morgan fingerprint density at radius 2 is 2.05 bits per heavy atom. The number of likely N-dealkylation sites (N-methyl/N-ethyl adjacent to an activating group) is 1. The molecule has 6 heteroatoms. The Kier molecular flexibility index (Phi) is 5.21. The Bertz CT molecular complexity index is 457. The van der Waals surface area contributed by atoms with E-state index in [1.165, 1.54) is 5.56 Å². The predicted octanol–water partition coefficient (Wildman–Crippen LogP) is 1.96. The Hall–Kier alpha value is -0.560. The van der Waals surface area contributed by atoms with Gasteiger partial charge in [0.05, 0.1) is 5.75 Å². The number of carbonyl (C=O) groups excluding carboxylic acids is 1. The second-order valence-electron chi connectivity index (χ2n) is 5.81. The zero-order valence-electron chi connectivity index (χ0n) is 12.5. The molecule has 2 aliphatic heterocycles. The van der Waals surface area contributed by atoms with Crippen molar-refractivity contribution in [3.05, 3.63) is 22.4 Å². The third kappa shape index (κ3) is 3.80. The average Bonchev–Trinajstić information content (AvgIpc) is 3.12. The molecule has 0 aliphatic carbocycles. The van der Waals surface area contributed by atoms with Crippen LogP contribution in [-0.2, 0) is 4.79 Å². The molecule has 0 bridgehead atoms. The van der Waals surface area contributed by atoms with Crippen LogP contribution in [0.15, 0.2) is 16.8 Å².